The summed E-state index contributed by atoms with van der Waals surface area (Å²) in [6.45, 7) is 14.8. The lowest BCUT2D eigenvalue weighted by atomic mass is 10.1. The van der Waals surface area contributed by atoms with Crippen LogP contribution in [0.1, 0.15) is 47.5 Å². The van der Waals surface area contributed by atoms with Gasteiger partial charge in [0, 0.05) is 5.54 Å². The first-order valence-corrected chi connectivity index (χ1v) is 6.27. The maximum Gasteiger partial charge on any atom is 0.00965 e. The minimum Gasteiger partial charge on any atom is -0.316 e. The van der Waals surface area contributed by atoms with E-state index in [9.17, 15) is 0 Å². The molecule has 2 nitrogen and oxygen atoms in total. The van der Waals surface area contributed by atoms with Crippen molar-refractivity contribution in [2.75, 3.05) is 19.6 Å². The Hall–Kier alpha value is -0.0800. The summed E-state index contributed by atoms with van der Waals surface area (Å²) in [6.07, 6.45) is 2.63. The SMILES string of the molecule is CC(C)(C)NCCCNCC1CC1(C)C. The summed E-state index contributed by atoms with van der Waals surface area (Å²) in [5.41, 5.74) is 0.884. The van der Waals surface area contributed by atoms with Crippen molar-refractivity contribution in [2.45, 2.75) is 53.0 Å². The molecule has 0 aliphatic heterocycles. The first-order chi connectivity index (χ1) is 6.81. The van der Waals surface area contributed by atoms with Crippen LogP contribution in [0.3, 0.4) is 0 Å². The van der Waals surface area contributed by atoms with Gasteiger partial charge in [0.05, 0.1) is 0 Å². The molecule has 1 saturated carbocycles. The molecule has 0 amide bonds. The molecule has 1 fully saturated rings. The number of hydrogen-bond acceptors (Lipinski definition) is 2. The fourth-order valence-electron chi connectivity index (χ4n) is 1.88. The zero-order valence-corrected chi connectivity index (χ0v) is 11.1. The van der Waals surface area contributed by atoms with Gasteiger partial charge in [0.15, 0.2) is 0 Å². The third-order valence-corrected chi connectivity index (χ3v) is 3.29. The molecule has 0 saturated heterocycles. The standard InChI is InChI=1S/C13H28N2/c1-12(2,3)15-8-6-7-14-10-11-9-13(11,4)5/h11,14-15H,6-10H2,1-5H3. The second-order valence-electron chi connectivity index (χ2n) is 6.62. The Morgan fingerprint density at radius 2 is 1.80 bits per heavy atom. The van der Waals surface area contributed by atoms with Gasteiger partial charge in [0.1, 0.15) is 0 Å². The van der Waals surface area contributed by atoms with Gasteiger partial charge in [-0.15, -0.1) is 0 Å². The summed E-state index contributed by atoms with van der Waals surface area (Å²) in [5.74, 6) is 0.924. The van der Waals surface area contributed by atoms with Crippen LogP contribution in [0.5, 0.6) is 0 Å². The summed E-state index contributed by atoms with van der Waals surface area (Å²) in [4.78, 5) is 0. The molecule has 0 bridgehead atoms. The van der Waals surface area contributed by atoms with Crippen LogP contribution in [0.25, 0.3) is 0 Å². The van der Waals surface area contributed by atoms with Crippen molar-refractivity contribution in [1.29, 1.82) is 0 Å². The van der Waals surface area contributed by atoms with E-state index in [1.54, 1.807) is 0 Å². The third-order valence-electron chi connectivity index (χ3n) is 3.29. The summed E-state index contributed by atoms with van der Waals surface area (Å²) < 4.78 is 0. The molecule has 1 atom stereocenters. The molecule has 90 valence electrons. The lowest BCUT2D eigenvalue weighted by Crippen LogP contribution is -2.37. The molecular weight excluding hydrogens is 184 g/mol. The van der Waals surface area contributed by atoms with E-state index < -0.39 is 0 Å². The second kappa shape index (κ2) is 4.84. The maximum absolute atomic E-state index is 3.55. The van der Waals surface area contributed by atoms with E-state index in [1.807, 2.05) is 0 Å². The zero-order valence-electron chi connectivity index (χ0n) is 11.1. The molecule has 0 spiro atoms. The first kappa shape index (κ1) is 13.0. The topological polar surface area (TPSA) is 24.1 Å². The largest absolute Gasteiger partial charge is 0.316 e. The molecule has 1 unspecified atom stereocenters. The summed E-state index contributed by atoms with van der Waals surface area (Å²) in [5, 5.41) is 7.05. The molecule has 0 aromatic heterocycles. The van der Waals surface area contributed by atoms with Gasteiger partial charge in [-0.2, -0.15) is 0 Å². The van der Waals surface area contributed by atoms with Crippen molar-refractivity contribution in [3.63, 3.8) is 0 Å². The van der Waals surface area contributed by atoms with E-state index in [0.29, 0.717) is 5.41 Å². The van der Waals surface area contributed by atoms with Gasteiger partial charge in [0.25, 0.3) is 0 Å². The maximum atomic E-state index is 3.55. The Kier molecular flexibility index (Phi) is 4.19. The minimum atomic E-state index is 0.262. The van der Waals surface area contributed by atoms with Crippen molar-refractivity contribution in [3.05, 3.63) is 0 Å². The molecule has 0 radical (unpaired) electrons. The Morgan fingerprint density at radius 1 is 1.20 bits per heavy atom. The quantitative estimate of drug-likeness (QED) is 0.661. The third kappa shape index (κ3) is 5.53. The van der Waals surface area contributed by atoms with E-state index in [0.717, 1.165) is 19.0 Å². The summed E-state index contributed by atoms with van der Waals surface area (Å²) >= 11 is 0. The lowest BCUT2D eigenvalue weighted by Gasteiger charge is -2.20. The highest BCUT2D eigenvalue weighted by Crippen LogP contribution is 2.50. The van der Waals surface area contributed by atoms with Crippen LogP contribution in [-0.4, -0.2) is 25.2 Å². The van der Waals surface area contributed by atoms with Crippen molar-refractivity contribution in [2.24, 2.45) is 11.3 Å². The molecule has 0 heterocycles. The number of nitrogens with one attached hydrogen (secondary N) is 2. The van der Waals surface area contributed by atoms with Gasteiger partial charge >= 0.3 is 0 Å². The molecule has 0 aromatic rings. The molecule has 15 heavy (non-hydrogen) atoms. The monoisotopic (exact) mass is 212 g/mol. The number of hydrogen-bond donors (Lipinski definition) is 2. The second-order valence-corrected chi connectivity index (χ2v) is 6.62. The van der Waals surface area contributed by atoms with Crippen LogP contribution in [0.4, 0.5) is 0 Å². The summed E-state index contributed by atoms with van der Waals surface area (Å²) in [6, 6.07) is 0. The van der Waals surface area contributed by atoms with Crippen molar-refractivity contribution >= 4 is 0 Å². The predicted molar refractivity (Wildman–Crippen MR) is 67.1 cm³/mol. The number of rotatable bonds is 6. The van der Waals surface area contributed by atoms with Gasteiger partial charge in [-0.3, -0.25) is 0 Å². The highest BCUT2D eigenvalue weighted by atomic mass is 15.0. The fourth-order valence-corrected chi connectivity index (χ4v) is 1.88. The van der Waals surface area contributed by atoms with Crippen LogP contribution >= 0.6 is 0 Å². The van der Waals surface area contributed by atoms with E-state index in [2.05, 4.69) is 45.3 Å². The van der Waals surface area contributed by atoms with Crippen LogP contribution in [-0.2, 0) is 0 Å². The van der Waals surface area contributed by atoms with Crippen LogP contribution in [0.15, 0.2) is 0 Å². The fraction of sp³-hybridized carbons (Fsp3) is 1.00. The molecule has 1 rings (SSSR count). The average molecular weight is 212 g/mol. The van der Waals surface area contributed by atoms with E-state index in [-0.39, 0.29) is 5.54 Å². The Bertz CT molecular complexity index is 191. The van der Waals surface area contributed by atoms with Crippen LogP contribution in [0, 0.1) is 11.3 Å². The Labute approximate surface area is 95.2 Å². The highest BCUT2D eigenvalue weighted by Gasteiger charge is 2.44. The van der Waals surface area contributed by atoms with Gasteiger partial charge in [-0.1, -0.05) is 13.8 Å². The molecule has 2 heteroatoms. The minimum absolute atomic E-state index is 0.262. The van der Waals surface area contributed by atoms with Gasteiger partial charge in [0.2, 0.25) is 0 Å². The zero-order chi connectivity index (χ0) is 11.5. The van der Waals surface area contributed by atoms with Crippen molar-refractivity contribution in [3.8, 4) is 0 Å². The molecular formula is C13H28N2. The molecule has 2 N–H and O–H groups in total. The summed E-state index contributed by atoms with van der Waals surface area (Å²) in [7, 11) is 0. The Morgan fingerprint density at radius 3 is 2.27 bits per heavy atom. The first-order valence-electron chi connectivity index (χ1n) is 6.27. The normalized spacial score (nSPS) is 24.2. The van der Waals surface area contributed by atoms with Crippen LogP contribution < -0.4 is 10.6 Å². The van der Waals surface area contributed by atoms with E-state index in [4.69, 9.17) is 0 Å². The van der Waals surface area contributed by atoms with Crippen LogP contribution in [0.2, 0.25) is 0 Å². The van der Waals surface area contributed by atoms with Crippen molar-refractivity contribution in [1.82, 2.24) is 10.6 Å². The average Bonchev–Trinajstić information content (AvgIpc) is 2.64. The van der Waals surface area contributed by atoms with Gasteiger partial charge in [-0.05, 0) is 64.6 Å². The lowest BCUT2D eigenvalue weighted by molar-refractivity contribution is 0.416. The van der Waals surface area contributed by atoms with Gasteiger partial charge < -0.3 is 10.6 Å². The molecule has 0 aromatic carbocycles. The Balaban J connectivity index is 1.86. The van der Waals surface area contributed by atoms with Crippen molar-refractivity contribution < 1.29 is 0 Å². The highest BCUT2D eigenvalue weighted by molar-refractivity contribution is 4.95. The predicted octanol–water partition coefficient (Wildman–Crippen LogP) is 2.40. The van der Waals surface area contributed by atoms with E-state index in [1.165, 1.54) is 19.4 Å². The molecule has 1 aliphatic rings. The van der Waals surface area contributed by atoms with Gasteiger partial charge in [-0.25, -0.2) is 0 Å². The smallest absolute Gasteiger partial charge is 0.00965 e. The molecule has 1 aliphatic carbocycles. The van der Waals surface area contributed by atoms with E-state index >= 15 is 0 Å².